The van der Waals surface area contributed by atoms with E-state index in [1.807, 2.05) is 85.9 Å². The van der Waals surface area contributed by atoms with Crippen LogP contribution in [0.3, 0.4) is 0 Å². The van der Waals surface area contributed by atoms with E-state index in [0.29, 0.717) is 17.3 Å². The number of halogens is 1. The standard InChI is InChI=1S/C28H22ClN3O2S/c1-18-7-13-22(14-8-18)32-27(34)24(26(33)30(2)28(32)35)15-20-17-31(25-6-4-3-5-23(20)25)16-19-9-11-21(29)12-10-19/h3-15,17H,16H2,1-2H3/b24-15-. The highest BCUT2D eigenvalue weighted by Gasteiger charge is 2.38. The van der Waals surface area contributed by atoms with E-state index in [-0.39, 0.29) is 10.7 Å². The zero-order valence-corrected chi connectivity index (χ0v) is 20.8. The average Bonchev–Trinajstić information content (AvgIpc) is 3.20. The molecular weight excluding hydrogens is 478 g/mol. The van der Waals surface area contributed by atoms with Gasteiger partial charge in [0.2, 0.25) is 0 Å². The summed E-state index contributed by atoms with van der Waals surface area (Å²) >= 11 is 11.5. The molecule has 0 atom stereocenters. The number of hydrogen-bond donors (Lipinski definition) is 0. The van der Waals surface area contributed by atoms with Gasteiger partial charge in [-0.2, -0.15) is 0 Å². The molecule has 1 aliphatic heterocycles. The summed E-state index contributed by atoms with van der Waals surface area (Å²) in [6.45, 7) is 2.60. The molecule has 35 heavy (non-hydrogen) atoms. The number of carbonyl (C=O) groups excluding carboxylic acids is 2. The maximum absolute atomic E-state index is 13.6. The zero-order chi connectivity index (χ0) is 24.7. The second-order valence-corrected chi connectivity index (χ2v) is 9.34. The Bertz CT molecular complexity index is 1500. The highest BCUT2D eigenvalue weighted by Crippen LogP contribution is 2.29. The van der Waals surface area contributed by atoms with E-state index in [0.717, 1.165) is 27.6 Å². The van der Waals surface area contributed by atoms with Crippen LogP contribution in [0, 0.1) is 6.92 Å². The first-order valence-corrected chi connectivity index (χ1v) is 11.9. The number of thiocarbonyl (C=S) groups is 1. The fraction of sp³-hybridized carbons (Fsp3) is 0.107. The van der Waals surface area contributed by atoms with Crippen molar-refractivity contribution in [3.63, 3.8) is 0 Å². The number of aryl methyl sites for hydroxylation is 1. The van der Waals surface area contributed by atoms with Gasteiger partial charge in [-0.15, -0.1) is 0 Å². The summed E-state index contributed by atoms with van der Waals surface area (Å²) in [6.07, 6.45) is 3.64. The van der Waals surface area contributed by atoms with Gasteiger partial charge in [-0.1, -0.05) is 59.6 Å². The quantitative estimate of drug-likeness (QED) is 0.202. The Morgan fingerprint density at radius 3 is 2.31 bits per heavy atom. The van der Waals surface area contributed by atoms with Crippen molar-refractivity contribution >= 4 is 63.4 Å². The van der Waals surface area contributed by atoms with Gasteiger partial charge in [0.1, 0.15) is 5.57 Å². The van der Waals surface area contributed by atoms with E-state index in [9.17, 15) is 9.59 Å². The van der Waals surface area contributed by atoms with Gasteiger partial charge in [0.25, 0.3) is 11.8 Å². The molecule has 0 saturated carbocycles. The Hall–Kier alpha value is -3.74. The van der Waals surface area contributed by atoms with Crippen LogP contribution in [-0.4, -0.2) is 33.4 Å². The number of para-hydroxylation sites is 1. The number of nitrogens with zero attached hydrogens (tertiary/aromatic N) is 3. The van der Waals surface area contributed by atoms with Crippen molar-refractivity contribution in [2.75, 3.05) is 11.9 Å². The fourth-order valence-electron chi connectivity index (χ4n) is 4.22. The van der Waals surface area contributed by atoms with Crippen LogP contribution in [0.1, 0.15) is 16.7 Å². The van der Waals surface area contributed by atoms with Crippen LogP contribution in [0.15, 0.2) is 84.6 Å². The minimum absolute atomic E-state index is 0.0658. The maximum atomic E-state index is 13.6. The number of anilines is 1. The molecule has 7 heteroatoms. The van der Waals surface area contributed by atoms with E-state index < -0.39 is 11.8 Å². The summed E-state index contributed by atoms with van der Waals surface area (Å²) in [5, 5.41) is 1.80. The molecule has 3 aromatic carbocycles. The summed E-state index contributed by atoms with van der Waals surface area (Å²) in [4.78, 5) is 29.5. The fourth-order valence-corrected chi connectivity index (χ4v) is 4.62. The summed E-state index contributed by atoms with van der Waals surface area (Å²) in [5.74, 6) is -0.852. The lowest BCUT2D eigenvalue weighted by Crippen LogP contribution is -2.54. The molecule has 1 fully saturated rings. The van der Waals surface area contributed by atoms with Gasteiger partial charge in [-0.05, 0) is 61.1 Å². The van der Waals surface area contributed by atoms with Crippen molar-refractivity contribution in [3.05, 3.63) is 106 Å². The van der Waals surface area contributed by atoms with Crippen molar-refractivity contribution in [1.29, 1.82) is 0 Å². The number of likely N-dealkylation sites (N-methyl/N-ethyl adjacent to an activating group) is 1. The third-order valence-electron chi connectivity index (χ3n) is 6.12. The highest BCUT2D eigenvalue weighted by molar-refractivity contribution is 7.80. The Morgan fingerprint density at radius 1 is 0.914 bits per heavy atom. The second kappa shape index (κ2) is 9.13. The first kappa shape index (κ1) is 23.0. The summed E-state index contributed by atoms with van der Waals surface area (Å²) in [5.41, 5.74) is 4.64. The van der Waals surface area contributed by atoms with Crippen molar-refractivity contribution in [2.45, 2.75) is 13.5 Å². The number of rotatable bonds is 4. The number of fused-ring (bicyclic) bond motifs is 1. The van der Waals surface area contributed by atoms with Gasteiger partial charge < -0.3 is 4.57 Å². The molecule has 0 radical (unpaired) electrons. The second-order valence-electron chi connectivity index (χ2n) is 8.54. The van der Waals surface area contributed by atoms with Crippen LogP contribution in [0.4, 0.5) is 5.69 Å². The van der Waals surface area contributed by atoms with Crippen molar-refractivity contribution in [1.82, 2.24) is 9.47 Å². The van der Waals surface area contributed by atoms with Crippen LogP contribution < -0.4 is 4.90 Å². The lowest BCUT2D eigenvalue weighted by atomic mass is 10.1. The molecule has 0 N–H and O–H groups in total. The summed E-state index contributed by atoms with van der Waals surface area (Å²) < 4.78 is 2.11. The van der Waals surface area contributed by atoms with E-state index in [4.69, 9.17) is 23.8 Å². The molecule has 0 spiro atoms. The Morgan fingerprint density at radius 2 is 1.60 bits per heavy atom. The predicted molar refractivity (Wildman–Crippen MR) is 145 cm³/mol. The van der Waals surface area contributed by atoms with Gasteiger partial charge in [0.05, 0.1) is 5.69 Å². The topological polar surface area (TPSA) is 45.6 Å². The van der Waals surface area contributed by atoms with Crippen molar-refractivity contribution in [3.8, 4) is 0 Å². The number of amides is 2. The van der Waals surface area contributed by atoms with E-state index >= 15 is 0 Å². The van der Waals surface area contributed by atoms with Crippen molar-refractivity contribution in [2.24, 2.45) is 0 Å². The zero-order valence-electron chi connectivity index (χ0n) is 19.2. The first-order valence-electron chi connectivity index (χ1n) is 11.1. The van der Waals surface area contributed by atoms with Gasteiger partial charge in [0, 0.05) is 41.3 Å². The number of benzene rings is 3. The van der Waals surface area contributed by atoms with Crippen molar-refractivity contribution < 1.29 is 9.59 Å². The molecule has 5 rings (SSSR count). The van der Waals surface area contributed by atoms with E-state index in [2.05, 4.69) is 4.57 Å². The molecule has 0 bridgehead atoms. The lowest BCUT2D eigenvalue weighted by molar-refractivity contribution is -0.127. The highest BCUT2D eigenvalue weighted by atomic mass is 35.5. The van der Waals surface area contributed by atoms with Crippen LogP contribution in [-0.2, 0) is 16.1 Å². The smallest absolute Gasteiger partial charge is 0.270 e. The molecule has 1 aliphatic rings. The molecule has 0 aliphatic carbocycles. The minimum Gasteiger partial charge on any atom is -0.342 e. The average molecular weight is 500 g/mol. The third-order valence-corrected chi connectivity index (χ3v) is 6.83. The van der Waals surface area contributed by atoms with Crippen LogP contribution in [0.2, 0.25) is 5.02 Å². The monoisotopic (exact) mass is 499 g/mol. The van der Waals surface area contributed by atoms with Gasteiger partial charge in [-0.3, -0.25) is 19.4 Å². The number of carbonyl (C=O) groups is 2. The molecule has 1 aromatic heterocycles. The van der Waals surface area contributed by atoms with Gasteiger partial charge in [-0.25, -0.2) is 0 Å². The molecule has 4 aromatic rings. The number of aromatic nitrogens is 1. The SMILES string of the molecule is Cc1ccc(N2C(=O)/C(=C\c3cn(Cc4ccc(Cl)cc4)c4ccccc34)C(=O)N(C)C2=S)cc1. The van der Waals surface area contributed by atoms with E-state index in [1.165, 1.54) is 9.80 Å². The Labute approximate surface area is 213 Å². The summed E-state index contributed by atoms with van der Waals surface area (Å²) in [7, 11) is 1.59. The van der Waals surface area contributed by atoms with Gasteiger partial charge in [0.15, 0.2) is 5.11 Å². The van der Waals surface area contributed by atoms with Crippen LogP contribution >= 0.6 is 23.8 Å². The largest absolute Gasteiger partial charge is 0.342 e. The lowest BCUT2D eigenvalue weighted by Gasteiger charge is -2.34. The minimum atomic E-state index is -0.434. The normalized spacial score (nSPS) is 15.5. The first-order chi connectivity index (χ1) is 16.8. The molecule has 2 amide bonds. The maximum Gasteiger partial charge on any atom is 0.270 e. The molecule has 174 valence electrons. The van der Waals surface area contributed by atoms with Crippen LogP contribution in [0.25, 0.3) is 17.0 Å². The Balaban J connectivity index is 1.58. The molecule has 5 nitrogen and oxygen atoms in total. The third kappa shape index (κ3) is 4.27. The molecule has 0 unspecified atom stereocenters. The van der Waals surface area contributed by atoms with Crippen LogP contribution in [0.5, 0.6) is 0 Å². The molecule has 2 heterocycles. The summed E-state index contributed by atoms with van der Waals surface area (Å²) in [6, 6.07) is 23.1. The van der Waals surface area contributed by atoms with Gasteiger partial charge >= 0.3 is 0 Å². The molecule has 1 saturated heterocycles. The Kier molecular flexibility index (Phi) is 6.01. The molecular formula is C28H22ClN3O2S. The predicted octanol–water partition coefficient (Wildman–Crippen LogP) is 5.82. The number of hydrogen-bond acceptors (Lipinski definition) is 3. The van der Waals surface area contributed by atoms with E-state index in [1.54, 1.807) is 13.1 Å².